The van der Waals surface area contributed by atoms with E-state index in [1.807, 2.05) is 28.8 Å². The van der Waals surface area contributed by atoms with Crippen molar-refractivity contribution in [2.24, 2.45) is 4.99 Å². The Morgan fingerprint density at radius 3 is 2.84 bits per heavy atom. The Labute approximate surface area is 153 Å². The van der Waals surface area contributed by atoms with Crippen LogP contribution in [0.5, 0.6) is 0 Å². The van der Waals surface area contributed by atoms with Gasteiger partial charge in [-0.1, -0.05) is 36.7 Å². The number of guanidine groups is 1. The molecule has 2 rings (SSSR count). The second-order valence-electron chi connectivity index (χ2n) is 5.40. The molecule has 0 amide bonds. The maximum atomic E-state index is 6.19. The fourth-order valence-corrected chi connectivity index (χ4v) is 2.47. The molecule has 2 aromatic rings. The van der Waals surface area contributed by atoms with Gasteiger partial charge in [-0.25, -0.2) is 4.99 Å². The van der Waals surface area contributed by atoms with Crippen LogP contribution >= 0.6 is 11.6 Å². The minimum atomic E-state index is 0.509. The molecule has 0 aliphatic heterocycles. The summed E-state index contributed by atoms with van der Waals surface area (Å²) in [6.07, 6.45) is 2.61. The van der Waals surface area contributed by atoms with E-state index in [1.165, 1.54) is 0 Å². The number of aliphatic imine (C=N–C) groups is 1. The van der Waals surface area contributed by atoms with Crippen LogP contribution in [-0.4, -0.2) is 47.5 Å². The predicted molar refractivity (Wildman–Crippen MR) is 99.9 cm³/mol. The monoisotopic (exact) mass is 364 g/mol. The van der Waals surface area contributed by atoms with Gasteiger partial charge in [-0.05, 0) is 11.6 Å². The third-order valence-electron chi connectivity index (χ3n) is 3.62. The van der Waals surface area contributed by atoms with Crippen molar-refractivity contribution in [2.45, 2.75) is 26.4 Å². The molecule has 7 nitrogen and oxygen atoms in total. The van der Waals surface area contributed by atoms with E-state index in [0.29, 0.717) is 26.2 Å². The van der Waals surface area contributed by atoms with Crippen molar-refractivity contribution in [1.82, 2.24) is 25.4 Å². The van der Waals surface area contributed by atoms with Gasteiger partial charge in [0.2, 0.25) is 0 Å². The molecule has 0 atom stereocenters. The van der Waals surface area contributed by atoms with E-state index in [9.17, 15) is 0 Å². The molecule has 0 fully saturated rings. The zero-order chi connectivity index (χ0) is 17.9. The van der Waals surface area contributed by atoms with Gasteiger partial charge in [-0.2, -0.15) is 0 Å². The summed E-state index contributed by atoms with van der Waals surface area (Å²) in [7, 11) is 1.67. The van der Waals surface area contributed by atoms with E-state index in [1.54, 1.807) is 13.4 Å². The number of benzene rings is 1. The first kappa shape index (κ1) is 19.2. The lowest BCUT2D eigenvalue weighted by atomic mass is 10.2. The smallest absolute Gasteiger partial charge is 0.191 e. The van der Waals surface area contributed by atoms with Gasteiger partial charge < -0.3 is 19.9 Å². The highest BCUT2D eigenvalue weighted by atomic mass is 35.5. The molecule has 0 radical (unpaired) electrons. The molecule has 0 bridgehead atoms. The van der Waals surface area contributed by atoms with E-state index < -0.39 is 0 Å². The molecule has 0 unspecified atom stereocenters. The summed E-state index contributed by atoms with van der Waals surface area (Å²) < 4.78 is 7.12. The molecule has 2 N–H and O–H groups in total. The lowest BCUT2D eigenvalue weighted by Gasteiger charge is -2.13. The third-order valence-corrected chi connectivity index (χ3v) is 3.99. The van der Waals surface area contributed by atoms with E-state index in [0.717, 1.165) is 35.3 Å². The summed E-state index contributed by atoms with van der Waals surface area (Å²) in [6.45, 7) is 5.35. The van der Waals surface area contributed by atoms with Crippen LogP contribution in [0, 0.1) is 0 Å². The van der Waals surface area contributed by atoms with Gasteiger partial charge >= 0.3 is 0 Å². The maximum absolute atomic E-state index is 6.19. The van der Waals surface area contributed by atoms with Crippen molar-refractivity contribution in [1.29, 1.82) is 0 Å². The van der Waals surface area contributed by atoms with Crippen molar-refractivity contribution < 1.29 is 4.74 Å². The summed E-state index contributed by atoms with van der Waals surface area (Å²) in [5.41, 5.74) is 0.990. The second-order valence-corrected chi connectivity index (χ2v) is 5.80. The topological polar surface area (TPSA) is 76.4 Å². The lowest BCUT2D eigenvalue weighted by Crippen LogP contribution is -2.40. The Morgan fingerprint density at radius 2 is 2.08 bits per heavy atom. The van der Waals surface area contributed by atoms with Crippen LogP contribution in [0.3, 0.4) is 0 Å². The molecule has 25 heavy (non-hydrogen) atoms. The molecule has 1 heterocycles. The van der Waals surface area contributed by atoms with Gasteiger partial charge in [0, 0.05) is 38.2 Å². The van der Waals surface area contributed by atoms with Crippen LogP contribution in [0.15, 0.2) is 35.6 Å². The molecule has 0 aliphatic carbocycles. The largest absolute Gasteiger partial charge is 0.383 e. The molecule has 136 valence electrons. The second kappa shape index (κ2) is 10.7. The molecule has 1 aromatic heterocycles. The predicted octanol–water partition coefficient (Wildman–Crippen LogP) is 1.88. The average molecular weight is 365 g/mol. The normalized spacial score (nSPS) is 11.6. The Morgan fingerprint density at radius 1 is 1.28 bits per heavy atom. The zero-order valence-corrected chi connectivity index (χ0v) is 15.5. The van der Waals surface area contributed by atoms with Crippen LogP contribution in [0.2, 0.25) is 5.02 Å². The minimum Gasteiger partial charge on any atom is -0.383 e. The molecular weight excluding hydrogens is 340 g/mol. The molecule has 1 aromatic carbocycles. The fourth-order valence-electron chi connectivity index (χ4n) is 2.27. The van der Waals surface area contributed by atoms with Crippen LogP contribution < -0.4 is 10.6 Å². The molecular formula is C17H25ClN6O. The number of nitrogens with zero attached hydrogens (tertiary/aromatic N) is 4. The maximum Gasteiger partial charge on any atom is 0.191 e. The highest BCUT2D eigenvalue weighted by Gasteiger charge is 2.03. The van der Waals surface area contributed by atoms with Gasteiger partial charge in [-0.15, -0.1) is 10.2 Å². The zero-order valence-electron chi connectivity index (χ0n) is 14.7. The molecule has 0 aliphatic rings. The standard InChI is InChI=1S/C17H25ClN6O/c1-3-16-23-22-13-24(16)10-8-19-17(20-9-11-25-2)21-12-14-6-4-5-7-15(14)18/h4-7,13H,3,8-12H2,1-2H3,(H2,19,20,21). The van der Waals surface area contributed by atoms with Crippen molar-refractivity contribution in [3.05, 3.63) is 47.0 Å². The van der Waals surface area contributed by atoms with Crippen molar-refractivity contribution >= 4 is 17.6 Å². The Hall–Kier alpha value is -2.12. The quantitative estimate of drug-likeness (QED) is 0.403. The van der Waals surface area contributed by atoms with E-state index in [-0.39, 0.29) is 0 Å². The summed E-state index contributed by atoms with van der Waals surface area (Å²) >= 11 is 6.19. The van der Waals surface area contributed by atoms with Crippen LogP contribution in [0.1, 0.15) is 18.3 Å². The number of aryl methyl sites for hydroxylation is 1. The Bertz CT molecular complexity index is 673. The Balaban J connectivity index is 1.92. The first-order chi connectivity index (χ1) is 12.2. The van der Waals surface area contributed by atoms with Crippen molar-refractivity contribution in [3.63, 3.8) is 0 Å². The highest BCUT2D eigenvalue weighted by Crippen LogP contribution is 2.15. The molecule has 0 saturated heterocycles. The molecule has 0 saturated carbocycles. The van der Waals surface area contributed by atoms with Gasteiger partial charge in [0.05, 0.1) is 13.2 Å². The average Bonchev–Trinajstić information content (AvgIpc) is 3.08. The SMILES string of the molecule is CCc1nncn1CCNC(=NCc1ccccc1Cl)NCCOC. The third kappa shape index (κ3) is 6.36. The lowest BCUT2D eigenvalue weighted by molar-refractivity contribution is 0.203. The minimum absolute atomic E-state index is 0.509. The van der Waals surface area contributed by atoms with Gasteiger partial charge in [0.15, 0.2) is 5.96 Å². The number of aromatic nitrogens is 3. The van der Waals surface area contributed by atoms with Gasteiger partial charge in [0.25, 0.3) is 0 Å². The highest BCUT2D eigenvalue weighted by molar-refractivity contribution is 6.31. The summed E-state index contributed by atoms with van der Waals surface area (Å²) in [4.78, 5) is 4.60. The number of ether oxygens (including phenoxy) is 1. The number of halogens is 1. The summed E-state index contributed by atoms with van der Waals surface area (Å²) in [5, 5.41) is 15.3. The van der Waals surface area contributed by atoms with Crippen LogP contribution in [0.25, 0.3) is 0 Å². The van der Waals surface area contributed by atoms with Gasteiger partial charge in [-0.3, -0.25) is 0 Å². The van der Waals surface area contributed by atoms with Crippen molar-refractivity contribution in [2.75, 3.05) is 26.8 Å². The summed E-state index contributed by atoms with van der Waals surface area (Å²) in [5.74, 6) is 1.70. The number of hydrogen-bond donors (Lipinski definition) is 2. The van der Waals surface area contributed by atoms with Crippen LogP contribution in [0.4, 0.5) is 0 Å². The van der Waals surface area contributed by atoms with Gasteiger partial charge in [0.1, 0.15) is 12.2 Å². The van der Waals surface area contributed by atoms with E-state index in [4.69, 9.17) is 16.3 Å². The molecule has 0 spiro atoms. The van der Waals surface area contributed by atoms with Crippen LogP contribution in [-0.2, 0) is 24.2 Å². The Kier molecular flexibility index (Phi) is 8.21. The first-order valence-electron chi connectivity index (χ1n) is 8.35. The van der Waals surface area contributed by atoms with Crippen molar-refractivity contribution in [3.8, 4) is 0 Å². The number of nitrogens with one attached hydrogen (secondary N) is 2. The molecule has 8 heteroatoms. The van der Waals surface area contributed by atoms with E-state index >= 15 is 0 Å². The first-order valence-corrected chi connectivity index (χ1v) is 8.73. The fraction of sp³-hybridized carbons (Fsp3) is 0.471. The number of rotatable bonds is 9. The summed E-state index contributed by atoms with van der Waals surface area (Å²) in [6, 6.07) is 7.72. The van der Waals surface area contributed by atoms with E-state index in [2.05, 4.69) is 32.7 Å². The number of hydrogen-bond acceptors (Lipinski definition) is 4. The number of methoxy groups -OCH3 is 1.